The van der Waals surface area contributed by atoms with E-state index in [1.807, 2.05) is 31.3 Å². The first-order valence-electron chi connectivity index (χ1n) is 5.48. The van der Waals surface area contributed by atoms with Crippen molar-refractivity contribution in [3.8, 4) is 11.5 Å². The predicted octanol–water partition coefficient (Wildman–Crippen LogP) is 2.66. The molecule has 4 heteroatoms. The first-order valence-corrected chi connectivity index (χ1v) is 5.48. The molecule has 16 heavy (non-hydrogen) atoms. The molecule has 0 spiro atoms. The van der Waals surface area contributed by atoms with Crippen molar-refractivity contribution in [3.05, 3.63) is 30.2 Å². The quantitative estimate of drug-likeness (QED) is 0.855. The lowest BCUT2D eigenvalue weighted by molar-refractivity contribution is 0.508. The molecule has 1 aliphatic carbocycles. The van der Waals surface area contributed by atoms with Crippen molar-refractivity contribution in [3.63, 3.8) is 0 Å². The minimum absolute atomic E-state index is 0.508. The number of benzene rings is 1. The third-order valence-electron chi connectivity index (χ3n) is 2.77. The van der Waals surface area contributed by atoms with Crippen LogP contribution in [-0.4, -0.2) is 17.2 Å². The van der Waals surface area contributed by atoms with Crippen LogP contribution in [0.1, 0.15) is 24.7 Å². The van der Waals surface area contributed by atoms with Crippen molar-refractivity contribution < 1.29 is 4.42 Å². The van der Waals surface area contributed by atoms with E-state index in [2.05, 4.69) is 15.5 Å². The number of aromatic nitrogens is 2. The molecule has 0 bridgehead atoms. The maximum absolute atomic E-state index is 5.64. The van der Waals surface area contributed by atoms with Gasteiger partial charge in [-0.25, -0.2) is 0 Å². The van der Waals surface area contributed by atoms with E-state index < -0.39 is 0 Å². The van der Waals surface area contributed by atoms with Crippen LogP contribution in [0.5, 0.6) is 0 Å². The van der Waals surface area contributed by atoms with E-state index in [0.29, 0.717) is 11.8 Å². The Labute approximate surface area is 93.7 Å². The highest BCUT2D eigenvalue weighted by molar-refractivity contribution is 5.60. The largest absolute Gasteiger partial charge is 0.420 e. The van der Waals surface area contributed by atoms with Crippen LogP contribution in [-0.2, 0) is 0 Å². The first kappa shape index (κ1) is 9.39. The zero-order valence-corrected chi connectivity index (χ0v) is 9.10. The van der Waals surface area contributed by atoms with E-state index in [9.17, 15) is 0 Å². The van der Waals surface area contributed by atoms with E-state index in [-0.39, 0.29) is 0 Å². The normalized spacial score (nSPS) is 15.1. The monoisotopic (exact) mass is 215 g/mol. The second-order valence-corrected chi connectivity index (χ2v) is 4.05. The van der Waals surface area contributed by atoms with Crippen LogP contribution < -0.4 is 5.32 Å². The van der Waals surface area contributed by atoms with E-state index in [4.69, 9.17) is 4.42 Å². The lowest BCUT2D eigenvalue weighted by Crippen LogP contribution is -1.87. The molecule has 1 saturated carbocycles. The van der Waals surface area contributed by atoms with Gasteiger partial charge in [0.1, 0.15) is 0 Å². The number of hydrogen-bond acceptors (Lipinski definition) is 4. The number of nitrogens with zero attached hydrogens (tertiary/aromatic N) is 2. The molecule has 1 fully saturated rings. The van der Waals surface area contributed by atoms with E-state index >= 15 is 0 Å². The van der Waals surface area contributed by atoms with Crippen LogP contribution in [0.2, 0.25) is 0 Å². The molecule has 1 aromatic carbocycles. The summed E-state index contributed by atoms with van der Waals surface area (Å²) in [7, 11) is 1.89. The van der Waals surface area contributed by atoms with Crippen LogP contribution in [0.4, 0.5) is 5.69 Å². The fourth-order valence-corrected chi connectivity index (χ4v) is 1.65. The maximum atomic E-state index is 5.64. The molecule has 3 rings (SSSR count). The van der Waals surface area contributed by atoms with Gasteiger partial charge in [0.2, 0.25) is 11.8 Å². The van der Waals surface area contributed by atoms with E-state index in [1.54, 1.807) is 0 Å². The Kier molecular flexibility index (Phi) is 2.13. The molecular weight excluding hydrogens is 202 g/mol. The van der Waals surface area contributed by atoms with Crippen molar-refractivity contribution in [1.29, 1.82) is 0 Å². The highest BCUT2D eigenvalue weighted by Crippen LogP contribution is 2.39. The van der Waals surface area contributed by atoms with E-state index in [0.717, 1.165) is 17.1 Å². The zero-order chi connectivity index (χ0) is 11.0. The molecule has 0 saturated heterocycles. The third kappa shape index (κ3) is 1.66. The van der Waals surface area contributed by atoms with Gasteiger partial charge in [-0.3, -0.25) is 0 Å². The molecule has 1 N–H and O–H groups in total. The van der Waals surface area contributed by atoms with Gasteiger partial charge < -0.3 is 9.73 Å². The van der Waals surface area contributed by atoms with Crippen LogP contribution in [0.3, 0.4) is 0 Å². The van der Waals surface area contributed by atoms with Crippen LogP contribution in [0.15, 0.2) is 28.7 Å². The molecule has 0 amide bonds. The molecule has 1 aliphatic rings. The Morgan fingerprint density at radius 3 is 2.94 bits per heavy atom. The van der Waals surface area contributed by atoms with Crippen LogP contribution in [0, 0.1) is 0 Å². The molecular formula is C12H13N3O. The molecule has 1 aromatic heterocycles. The molecule has 0 unspecified atom stereocenters. The summed E-state index contributed by atoms with van der Waals surface area (Å²) in [6.45, 7) is 0. The van der Waals surface area contributed by atoms with Crippen LogP contribution >= 0.6 is 0 Å². The average Bonchev–Trinajstić information content (AvgIpc) is 3.07. The summed E-state index contributed by atoms with van der Waals surface area (Å²) in [6.07, 6.45) is 2.36. The predicted molar refractivity (Wildman–Crippen MR) is 61.3 cm³/mol. The van der Waals surface area contributed by atoms with Crippen LogP contribution in [0.25, 0.3) is 11.5 Å². The Morgan fingerprint density at radius 1 is 1.31 bits per heavy atom. The van der Waals surface area contributed by atoms with Crippen molar-refractivity contribution >= 4 is 5.69 Å². The Balaban J connectivity index is 1.93. The Morgan fingerprint density at radius 2 is 2.19 bits per heavy atom. The number of anilines is 1. The lowest BCUT2D eigenvalue weighted by Gasteiger charge is -2.00. The number of rotatable bonds is 3. The number of hydrogen-bond donors (Lipinski definition) is 1. The van der Waals surface area contributed by atoms with Gasteiger partial charge in [-0.1, -0.05) is 6.07 Å². The minimum Gasteiger partial charge on any atom is -0.420 e. The molecule has 2 aromatic rings. The smallest absolute Gasteiger partial charge is 0.247 e. The SMILES string of the molecule is CNc1cccc(-c2nnc(C3CC3)o2)c1. The van der Waals surface area contributed by atoms with Gasteiger partial charge in [-0.05, 0) is 31.0 Å². The summed E-state index contributed by atoms with van der Waals surface area (Å²) in [6, 6.07) is 7.96. The second kappa shape index (κ2) is 3.63. The Bertz CT molecular complexity index is 502. The van der Waals surface area contributed by atoms with Crippen molar-refractivity contribution in [2.45, 2.75) is 18.8 Å². The van der Waals surface area contributed by atoms with Crippen molar-refractivity contribution in [1.82, 2.24) is 10.2 Å². The van der Waals surface area contributed by atoms with Crippen molar-refractivity contribution in [2.75, 3.05) is 12.4 Å². The van der Waals surface area contributed by atoms with E-state index in [1.165, 1.54) is 12.8 Å². The van der Waals surface area contributed by atoms with Gasteiger partial charge in [0.05, 0.1) is 0 Å². The fraction of sp³-hybridized carbons (Fsp3) is 0.333. The van der Waals surface area contributed by atoms with Gasteiger partial charge in [-0.2, -0.15) is 0 Å². The molecule has 82 valence electrons. The standard InChI is InChI=1S/C12H13N3O/c1-13-10-4-2-3-9(7-10)12-15-14-11(16-12)8-5-6-8/h2-4,7-8,13H,5-6H2,1H3. The van der Waals surface area contributed by atoms with Gasteiger partial charge in [0, 0.05) is 24.2 Å². The average molecular weight is 215 g/mol. The number of nitrogens with one attached hydrogen (secondary N) is 1. The summed E-state index contributed by atoms with van der Waals surface area (Å²) in [4.78, 5) is 0. The zero-order valence-electron chi connectivity index (χ0n) is 9.10. The van der Waals surface area contributed by atoms with Crippen molar-refractivity contribution in [2.24, 2.45) is 0 Å². The van der Waals surface area contributed by atoms with Gasteiger partial charge >= 0.3 is 0 Å². The third-order valence-corrected chi connectivity index (χ3v) is 2.77. The van der Waals surface area contributed by atoms with Gasteiger partial charge in [0.15, 0.2) is 0 Å². The van der Waals surface area contributed by atoms with Gasteiger partial charge in [0.25, 0.3) is 0 Å². The molecule has 0 aliphatic heterocycles. The minimum atomic E-state index is 0.508. The summed E-state index contributed by atoms with van der Waals surface area (Å²) >= 11 is 0. The highest BCUT2D eigenvalue weighted by atomic mass is 16.4. The molecule has 0 radical (unpaired) electrons. The lowest BCUT2D eigenvalue weighted by atomic mass is 10.2. The highest BCUT2D eigenvalue weighted by Gasteiger charge is 2.29. The molecule has 4 nitrogen and oxygen atoms in total. The molecule has 1 heterocycles. The topological polar surface area (TPSA) is 51.0 Å². The maximum Gasteiger partial charge on any atom is 0.247 e. The summed E-state index contributed by atoms with van der Waals surface area (Å²) in [5.74, 6) is 1.90. The Hall–Kier alpha value is -1.84. The molecule has 0 atom stereocenters. The second-order valence-electron chi connectivity index (χ2n) is 4.05. The fourth-order valence-electron chi connectivity index (χ4n) is 1.65. The summed E-state index contributed by atoms with van der Waals surface area (Å²) in [5.41, 5.74) is 2.01. The summed E-state index contributed by atoms with van der Waals surface area (Å²) < 4.78 is 5.64. The summed E-state index contributed by atoms with van der Waals surface area (Å²) in [5, 5.41) is 11.2. The van der Waals surface area contributed by atoms with Gasteiger partial charge in [-0.15, -0.1) is 10.2 Å². The first-order chi connectivity index (χ1) is 7.86.